The number of anilines is 1. The Morgan fingerprint density at radius 1 is 0.867 bits per heavy atom. The molecule has 0 saturated heterocycles. The number of hydrogen-bond acceptors (Lipinski definition) is 6. The molecular formula is C33H33ClN4O6S. The first-order valence-electron chi connectivity index (χ1n) is 14.2. The van der Waals surface area contributed by atoms with Crippen molar-refractivity contribution in [2.45, 2.75) is 43.8 Å². The fraction of sp³-hybridized carbons (Fsp3) is 0.212. The molecule has 45 heavy (non-hydrogen) atoms. The Balaban J connectivity index is 1.81. The van der Waals surface area contributed by atoms with Crippen LogP contribution in [-0.2, 0) is 32.6 Å². The predicted molar refractivity (Wildman–Crippen MR) is 173 cm³/mol. The molecule has 10 nitrogen and oxygen atoms in total. The Labute approximate surface area is 267 Å². The smallest absolute Gasteiger partial charge is 0.269 e. The molecular weight excluding hydrogens is 616 g/mol. The van der Waals surface area contributed by atoms with Crippen molar-refractivity contribution in [3.8, 4) is 0 Å². The molecule has 0 bridgehead atoms. The summed E-state index contributed by atoms with van der Waals surface area (Å²) in [5.74, 6) is -1.07. The van der Waals surface area contributed by atoms with Crippen molar-refractivity contribution in [1.29, 1.82) is 0 Å². The second kappa shape index (κ2) is 14.8. The summed E-state index contributed by atoms with van der Waals surface area (Å²) in [6.45, 7) is 2.89. The minimum absolute atomic E-state index is 0.0398. The van der Waals surface area contributed by atoms with Gasteiger partial charge in [0, 0.05) is 36.2 Å². The van der Waals surface area contributed by atoms with Gasteiger partial charge in [0.1, 0.15) is 12.6 Å². The summed E-state index contributed by atoms with van der Waals surface area (Å²) >= 11 is 6.26. The normalized spacial score (nSPS) is 11.9. The van der Waals surface area contributed by atoms with Crippen molar-refractivity contribution in [2.75, 3.05) is 10.8 Å². The second-order valence-corrected chi connectivity index (χ2v) is 12.9. The Bertz CT molecular complexity index is 1740. The summed E-state index contributed by atoms with van der Waals surface area (Å²) in [4.78, 5) is 40.1. The molecule has 0 aliphatic rings. The van der Waals surface area contributed by atoms with Crippen molar-refractivity contribution in [1.82, 2.24) is 10.2 Å². The molecule has 1 N–H and O–H groups in total. The van der Waals surface area contributed by atoms with Gasteiger partial charge in [0.15, 0.2) is 0 Å². The highest BCUT2D eigenvalue weighted by Gasteiger charge is 2.35. The van der Waals surface area contributed by atoms with E-state index in [0.29, 0.717) is 10.6 Å². The Morgan fingerprint density at radius 2 is 1.47 bits per heavy atom. The van der Waals surface area contributed by atoms with Crippen LogP contribution < -0.4 is 9.62 Å². The molecule has 1 unspecified atom stereocenters. The number of rotatable bonds is 13. The van der Waals surface area contributed by atoms with E-state index >= 15 is 0 Å². The number of non-ortho nitro benzene ring substituents is 1. The topological polar surface area (TPSA) is 130 Å². The lowest BCUT2D eigenvalue weighted by molar-refractivity contribution is -0.384. The van der Waals surface area contributed by atoms with Crippen molar-refractivity contribution in [3.05, 3.63) is 135 Å². The maximum absolute atomic E-state index is 14.4. The number of benzene rings is 4. The second-order valence-electron chi connectivity index (χ2n) is 10.6. The lowest BCUT2D eigenvalue weighted by atomic mass is 10.0. The van der Waals surface area contributed by atoms with Gasteiger partial charge < -0.3 is 10.2 Å². The van der Waals surface area contributed by atoms with Gasteiger partial charge in [0.2, 0.25) is 11.8 Å². The number of nitro groups is 1. The van der Waals surface area contributed by atoms with Crippen LogP contribution in [0.15, 0.2) is 114 Å². The van der Waals surface area contributed by atoms with Crippen molar-refractivity contribution in [3.63, 3.8) is 0 Å². The van der Waals surface area contributed by atoms with E-state index in [1.54, 1.807) is 42.5 Å². The van der Waals surface area contributed by atoms with Gasteiger partial charge in [-0.05, 0) is 61.4 Å². The van der Waals surface area contributed by atoms with Crippen LogP contribution in [0.4, 0.5) is 11.4 Å². The molecule has 0 aromatic heterocycles. The highest BCUT2D eigenvalue weighted by Crippen LogP contribution is 2.27. The third-order valence-electron chi connectivity index (χ3n) is 6.90. The van der Waals surface area contributed by atoms with Crippen LogP contribution in [0.5, 0.6) is 0 Å². The number of hydrogen-bond donors (Lipinski definition) is 1. The van der Waals surface area contributed by atoms with E-state index in [-0.39, 0.29) is 35.3 Å². The zero-order valence-electron chi connectivity index (χ0n) is 24.7. The van der Waals surface area contributed by atoms with Crippen LogP contribution in [0.25, 0.3) is 0 Å². The molecule has 0 radical (unpaired) electrons. The molecule has 4 rings (SSSR count). The number of carbonyl (C=O) groups excluding carboxylic acids is 2. The van der Waals surface area contributed by atoms with Crippen molar-refractivity contribution in [2.24, 2.45) is 0 Å². The number of sulfonamides is 1. The van der Waals surface area contributed by atoms with E-state index in [9.17, 15) is 28.1 Å². The van der Waals surface area contributed by atoms with Crippen LogP contribution in [0.1, 0.15) is 25.0 Å². The molecule has 0 spiro atoms. The highest BCUT2D eigenvalue weighted by atomic mass is 35.5. The van der Waals surface area contributed by atoms with E-state index in [4.69, 9.17) is 11.6 Å². The summed E-state index contributed by atoms with van der Waals surface area (Å²) in [5.41, 5.74) is 1.25. The third kappa shape index (κ3) is 8.68. The molecule has 0 aliphatic carbocycles. The minimum Gasteiger partial charge on any atom is -0.352 e. The zero-order valence-corrected chi connectivity index (χ0v) is 26.3. The van der Waals surface area contributed by atoms with Gasteiger partial charge in [-0.15, -0.1) is 0 Å². The molecule has 4 aromatic rings. The van der Waals surface area contributed by atoms with E-state index in [1.807, 2.05) is 44.2 Å². The average molecular weight is 649 g/mol. The van der Waals surface area contributed by atoms with Crippen LogP contribution in [0.2, 0.25) is 5.02 Å². The zero-order chi connectivity index (χ0) is 32.6. The van der Waals surface area contributed by atoms with Crippen LogP contribution >= 0.6 is 11.6 Å². The van der Waals surface area contributed by atoms with Gasteiger partial charge in [0.05, 0.1) is 15.5 Å². The Hall–Kier alpha value is -4.74. The van der Waals surface area contributed by atoms with Crippen LogP contribution in [-0.4, -0.2) is 48.7 Å². The minimum atomic E-state index is -4.32. The molecule has 0 heterocycles. The Morgan fingerprint density at radius 3 is 2.04 bits per heavy atom. The molecule has 0 aliphatic heterocycles. The number of halogens is 1. The highest BCUT2D eigenvalue weighted by molar-refractivity contribution is 7.92. The largest absolute Gasteiger partial charge is 0.352 e. The molecule has 1 atom stereocenters. The van der Waals surface area contributed by atoms with E-state index in [0.717, 1.165) is 9.87 Å². The molecule has 234 valence electrons. The molecule has 2 amide bonds. The summed E-state index contributed by atoms with van der Waals surface area (Å²) in [5, 5.41) is 14.6. The number of nitrogens with zero attached hydrogens (tertiary/aromatic N) is 3. The fourth-order valence-electron chi connectivity index (χ4n) is 4.76. The summed E-state index contributed by atoms with van der Waals surface area (Å²) in [6, 6.07) is 27.3. The van der Waals surface area contributed by atoms with Gasteiger partial charge in [-0.1, -0.05) is 72.3 Å². The maximum atomic E-state index is 14.4. The maximum Gasteiger partial charge on any atom is 0.269 e. The van der Waals surface area contributed by atoms with Gasteiger partial charge in [0.25, 0.3) is 15.7 Å². The van der Waals surface area contributed by atoms with Crippen molar-refractivity contribution < 1.29 is 22.9 Å². The molecule has 12 heteroatoms. The first-order valence-corrected chi connectivity index (χ1v) is 16.0. The third-order valence-corrected chi connectivity index (χ3v) is 8.93. The first-order chi connectivity index (χ1) is 21.5. The Kier molecular flexibility index (Phi) is 10.9. The van der Waals surface area contributed by atoms with E-state index in [1.165, 1.54) is 41.3 Å². The molecule has 4 aromatic carbocycles. The van der Waals surface area contributed by atoms with Gasteiger partial charge in [-0.2, -0.15) is 0 Å². The first kappa shape index (κ1) is 33.2. The lowest BCUT2D eigenvalue weighted by Crippen LogP contribution is -2.54. The molecule has 0 saturated carbocycles. The lowest BCUT2D eigenvalue weighted by Gasteiger charge is -2.34. The van der Waals surface area contributed by atoms with Gasteiger partial charge in [-0.25, -0.2) is 8.42 Å². The quantitative estimate of drug-likeness (QED) is 0.148. The summed E-state index contributed by atoms with van der Waals surface area (Å²) in [7, 11) is -4.32. The predicted octanol–water partition coefficient (Wildman–Crippen LogP) is 5.61. The van der Waals surface area contributed by atoms with Crippen LogP contribution in [0.3, 0.4) is 0 Å². The van der Waals surface area contributed by atoms with Gasteiger partial charge >= 0.3 is 0 Å². The monoisotopic (exact) mass is 648 g/mol. The molecule has 0 fully saturated rings. The standard InChI is InChI=1S/C33H33ClN4O6S/c1-24(2)35-33(40)31(21-25-10-5-3-6-11-25)36(22-26-12-9-13-27(34)20-26)32(39)23-37(28-16-18-29(19-17-28)38(41)42)45(43,44)30-14-7-4-8-15-30/h3-20,24,31H,21-23H2,1-2H3,(H,35,40). The van der Waals surface area contributed by atoms with E-state index < -0.39 is 39.3 Å². The fourth-order valence-corrected chi connectivity index (χ4v) is 6.40. The summed E-state index contributed by atoms with van der Waals surface area (Å²) in [6.07, 6.45) is 0.161. The number of amides is 2. The van der Waals surface area contributed by atoms with Crippen molar-refractivity contribution >= 4 is 44.8 Å². The average Bonchev–Trinajstić information content (AvgIpc) is 3.02. The number of nitro benzene ring substituents is 1. The van der Waals surface area contributed by atoms with Crippen LogP contribution in [0, 0.1) is 10.1 Å². The SMILES string of the molecule is CC(C)NC(=O)C(Cc1ccccc1)N(Cc1cccc(Cl)c1)C(=O)CN(c1ccc([N+](=O)[O-])cc1)S(=O)(=O)c1ccccc1. The number of carbonyl (C=O) groups is 2. The van der Waals surface area contributed by atoms with Gasteiger partial charge in [-0.3, -0.25) is 24.0 Å². The number of nitrogens with one attached hydrogen (secondary N) is 1. The summed E-state index contributed by atoms with van der Waals surface area (Å²) < 4.78 is 28.9. The van der Waals surface area contributed by atoms with E-state index in [2.05, 4.69) is 5.32 Å².